The molecule has 1 amide bonds. The van der Waals surface area contributed by atoms with E-state index in [4.69, 9.17) is 27.7 Å². The molecule has 0 aliphatic carbocycles. The number of halogens is 2. The first-order valence-corrected chi connectivity index (χ1v) is 6.37. The van der Waals surface area contributed by atoms with Gasteiger partial charge in [-0.25, -0.2) is 0 Å². The molecular formula is C12H13Cl2N3O2. The van der Waals surface area contributed by atoms with Crippen molar-refractivity contribution in [2.75, 3.05) is 7.05 Å². The van der Waals surface area contributed by atoms with Gasteiger partial charge in [0.2, 0.25) is 0 Å². The predicted molar refractivity (Wildman–Crippen MR) is 72.6 cm³/mol. The molecule has 19 heavy (non-hydrogen) atoms. The number of nitrogens with zero attached hydrogens (tertiary/aromatic N) is 2. The average Bonchev–Trinajstić information content (AvgIpc) is 2.85. The first kappa shape index (κ1) is 14.0. The third kappa shape index (κ3) is 2.77. The summed E-state index contributed by atoms with van der Waals surface area (Å²) in [7, 11) is 1.69. The van der Waals surface area contributed by atoms with Gasteiger partial charge < -0.3 is 14.4 Å². The third-order valence-corrected chi connectivity index (χ3v) is 3.57. The molecule has 2 rings (SSSR count). The van der Waals surface area contributed by atoms with Gasteiger partial charge in [-0.15, -0.1) is 0 Å². The molecule has 0 bridgehead atoms. The van der Waals surface area contributed by atoms with Gasteiger partial charge in [-0.3, -0.25) is 4.79 Å². The molecule has 7 heteroatoms. The summed E-state index contributed by atoms with van der Waals surface area (Å²) in [5.41, 5.74) is 2.03. The number of aromatic nitrogens is 2. The molecule has 0 radical (unpaired) electrons. The van der Waals surface area contributed by atoms with E-state index in [0.717, 1.165) is 11.3 Å². The van der Waals surface area contributed by atoms with Crippen molar-refractivity contribution in [3.63, 3.8) is 0 Å². The zero-order chi connectivity index (χ0) is 14.2. The van der Waals surface area contributed by atoms with Crippen molar-refractivity contribution < 1.29 is 9.32 Å². The number of rotatable bonds is 3. The Morgan fingerprint density at radius 3 is 2.63 bits per heavy atom. The van der Waals surface area contributed by atoms with Crippen LogP contribution in [-0.4, -0.2) is 28.0 Å². The molecule has 0 atom stereocenters. The molecule has 102 valence electrons. The normalized spacial score (nSPS) is 10.8. The van der Waals surface area contributed by atoms with Gasteiger partial charge >= 0.3 is 0 Å². The van der Waals surface area contributed by atoms with E-state index in [0.29, 0.717) is 23.0 Å². The molecule has 0 spiro atoms. The highest BCUT2D eigenvalue weighted by atomic mass is 35.5. The first-order chi connectivity index (χ1) is 8.90. The highest BCUT2D eigenvalue weighted by Gasteiger charge is 2.19. The minimum absolute atomic E-state index is 0.200. The third-order valence-electron chi connectivity index (χ3n) is 2.88. The molecule has 1 N–H and O–H groups in total. The van der Waals surface area contributed by atoms with Crippen LogP contribution in [0.15, 0.2) is 10.6 Å². The number of amides is 1. The minimum atomic E-state index is -0.200. The van der Waals surface area contributed by atoms with Gasteiger partial charge in [0.05, 0.1) is 17.3 Å². The number of carbonyl (C=O) groups excluding carboxylic acids is 1. The van der Waals surface area contributed by atoms with E-state index < -0.39 is 0 Å². The molecule has 0 aliphatic rings. The fourth-order valence-corrected chi connectivity index (χ4v) is 2.07. The molecule has 0 fully saturated rings. The van der Waals surface area contributed by atoms with Gasteiger partial charge in [-0.1, -0.05) is 28.4 Å². The smallest absolute Gasteiger partial charge is 0.270 e. The fraction of sp³-hybridized carbons (Fsp3) is 0.333. The van der Waals surface area contributed by atoms with E-state index in [1.165, 1.54) is 6.07 Å². The quantitative estimate of drug-likeness (QED) is 0.947. The number of hydrogen-bond donors (Lipinski definition) is 1. The lowest BCUT2D eigenvalue weighted by Crippen LogP contribution is -2.26. The van der Waals surface area contributed by atoms with Crippen LogP contribution < -0.4 is 0 Å². The number of aryl methyl sites for hydroxylation is 2. The molecule has 0 saturated carbocycles. The van der Waals surface area contributed by atoms with Gasteiger partial charge in [0, 0.05) is 12.6 Å². The zero-order valence-corrected chi connectivity index (χ0v) is 12.3. The average molecular weight is 302 g/mol. The summed E-state index contributed by atoms with van der Waals surface area (Å²) in [6.07, 6.45) is 0. The highest BCUT2D eigenvalue weighted by molar-refractivity contribution is 6.41. The van der Waals surface area contributed by atoms with Crippen molar-refractivity contribution in [2.45, 2.75) is 20.4 Å². The maximum absolute atomic E-state index is 12.2. The second-order valence-corrected chi connectivity index (χ2v) is 5.09. The Kier molecular flexibility index (Phi) is 3.87. The monoisotopic (exact) mass is 301 g/mol. The van der Waals surface area contributed by atoms with E-state index in [2.05, 4.69) is 10.1 Å². The number of aromatic amines is 1. The van der Waals surface area contributed by atoms with Crippen LogP contribution in [0, 0.1) is 13.8 Å². The van der Waals surface area contributed by atoms with Crippen molar-refractivity contribution in [3.05, 3.63) is 39.0 Å². The van der Waals surface area contributed by atoms with Crippen LogP contribution in [0.1, 0.15) is 27.5 Å². The molecule has 0 saturated heterocycles. The van der Waals surface area contributed by atoms with Gasteiger partial charge in [0.1, 0.15) is 16.6 Å². The van der Waals surface area contributed by atoms with Crippen LogP contribution in [0.3, 0.4) is 0 Å². The predicted octanol–water partition coefficient (Wildman–Crippen LogP) is 3.20. The largest absolute Gasteiger partial charge is 0.361 e. The van der Waals surface area contributed by atoms with Crippen LogP contribution in [0.4, 0.5) is 0 Å². The minimum Gasteiger partial charge on any atom is -0.361 e. The Labute approximate surface area is 120 Å². The van der Waals surface area contributed by atoms with E-state index >= 15 is 0 Å². The Morgan fingerprint density at radius 2 is 2.16 bits per heavy atom. The first-order valence-electron chi connectivity index (χ1n) is 5.61. The summed E-state index contributed by atoms with van der Waals surface area (Å²) >= 11 is 11.6. The molecule has 0 aliphatic heterocycles. The second kappa shape index (κ2) is 5.27. The molecule has 5 nitrogen and oxygen atoms in total. The van der Waals surface area contributed by atoms with Gasteiger partial charge in [-0.05, 0) is 19.9 Å². The fourth-order valence-electron chi connectivity index (χ4n) is 1.76. The van der Waals surface area contributed by atoms with Gasteiger partial charge in [0.15, 0.2) is 0 Å². The summed E-state index contributed by atoms with van der Waals surface area (Å²) in [6, 6.07) is 1.51. The summed E-state index contributed by atoms with van der Waals surface area (Å²) in [6.45, 7) is 4.07. The summed E-state index contributed by atoms with van der Waals surface area (Å²) in [5, 5.41) is 4.45. The van der Waals surface area contributed by atoms with Gasteiger partial charge in [0.25, 0.3) is 5.91 Å². The van der Waals surface area contributed by atoms with Crippen molar-refractivity contribution in [1.82, 2.24) is 15.0 Å². The standard InChI is InChI=1S/C12H13Cl2N3O2/c1-6-8(7(2)19-16-6)5-17(3)12(18)10-4-9(13)11(14)15-10/h4,15H,5H2,1-3H3. The van der Waals surface area contributed by atoms with Crippen LogP contribution in [0.2, 0.25) is 10.2 Å². The Balaban J connectivity index is 2.16. The molecule has 2 aromatic heterocycles. The Bertz CT molecular complexity index is 580. The van der Waals surface area contributed by atoms with Crippen LogP contribution in [-0.2, 0) is 6.54 Å². The van der Waals surface area contributed by atoms with Crippen LogP contribution >= 0.6 is 23.2 Å². The van der Waals surface area contributed by atoms with Crippen LogP contribution in [0.25, 0.3) is 0 Å². The zero-order valence-electron chi connectivity index (χ0n) is 10.8. The molecular weight excluding hydrogens is 289 g/mol. The van der Waals surface area contributed by atoms with E-state index in [-0.39, 0.29) is 11.1 Å². The SMILES string of the molecule is Cc1noc(C)c1CN(C)C(=O)c1cc(Cl)c(Cl)[nH]1. The van der Waals surface area contributed by atoms with Crippen LogP contribution in [0.5, 0.6) is 0 Å². The lowest BCUT2D eigenvalue weighted by Gasteiger charge is -2.15. The molecule has 2 aromatic rings. The maximum atomic E-state index is 12.2. The number of carbonyl (C=O) groups is 1. The van der Waals surface area contributed by atoms with Crippen molar-refractivity contribution in [2.24, 2.45) is 0 Å². The van der Waals surface area contributed by atoms with E-state index in [1.54, 1.807) is 11.9 Å². The number of hydrogen-bond acceptors (Lipinski definition) is 3. The summed E-state index contributed by atoms with van der Waals surface area (Å²) in [4.78, 5) is 16.5. The van der Waals surface area contributed by atoms with Crippen molar-refractivity contribution in [1.29, 1.82) is 0 Å². The second-order valence-electron chi connectivity index (χ2n) is 4.31. The number of nitrogens with one attached hydrogen (secondary N) is 1. The Hall–Kier alpha value is -1.46. The lowest BCUT2D eigenvalue weighted by molar-refractivity contribution is 0.0779. The van der Waals surface area contributed by atoms with Gasteiger partial charge in [-0.2, -0.15) is 0 Å². The maximum Gasteiger partial charge on any atom is 0.270 e. The summed E-state index contributed by atoms with van der Waals surface area (Å²) < 4.78 is 5.07. The van der Waals surface area contributed by atoms with Crippen molar-refractivity contribution >= 4 is 29.1 Å². The topological polar surface area (TPSA) is 62.1 Å². The molecule has 0 aromatic carbocycles. The van der Waals surface area contributed by atoms with E-state index in [1.807, 2.05) is 13.8 Å². The highest BCUT2D eigenvalue weighted by Crippen LogP contribution is 2.23. The molecule has 2 heterocycles. The lowest BCUT2D eigenvalue weighted by atomic mass is 10.2. The van der Waals surface area contributed by atoms with E-state index in [9.17, 15) is 4.79 Å². The Morgan fingerprint density at radius 1 is 1.47 bits per heavy atom. The number of H-pyrrole nitrogens is 1. The van der Waals surface area contributed by atoms with Crippen molar-refractivity contribution in [3.8, 4) is 0 Å². The summed E-state index contributed by atoms with van der Waals surface area (Å²) in [5.74, 6) is 0.508. The molecule has 0 unspecified atom stereocenters.